The molecule has 3 aromatic rings. The van der Waals surface area contributed by atoms with Crippen molar-refractivity contribution in [2.45, 2.75) is 18.9 Å². The Morgan fingerprint density at radius 2 is 1.81 bits per heavy atom. The van der Waals surface area contributed by atoms with E-state index in [1.165, 1.54) is 23.5 Å². The zero-order valence-corrected chi connectivity index (χ0v) is 17.4. The largest absolute Gasteiger partial charge is 0.490 e. The van der Waals surface area contributed by atoms with E-state index in [-0.39, 0.29) is 11.9 Å². The molecule has 160 valence electrons. The van der Waals surface area contributed by atoms with Gasteiger partial charge < -0.3 is 9.47 Å². The molecule has 0 saturated carbocycles. The number of rotatable bonds is 6. The molecule has 1 atom stereocenters. The first kappa shape index (κ1) is 21.0. The van der Waals surface area contributed by atoms with Gasteiger partial charge in [0.1, 0.15) is 18.2 Å². The Balaban J connectivity index is 1.35. The molecular formula is C23H21FN2O4S. The summed E-state index contributed by atoms with van der Waals surface area (Å²) in [5.41, 5.74) is 5.99. The van der Waals surface area contributed by atoms with Crippen LogP contribution >= 0.6 is 11.3 Å². The quantitative estimate of drug-likeness (QED) is 0.564. The van der Waals surface area contributed by atoms with Crippen LogP contribution in [0.4, 0.5) is 4.39 Å². The fraction of sp³-hybridized carbons (Fsp3) is 0.217. The third kappa shape index (κ3) is 5.28. The molecule has 1 unspecified atom stereocenters. The van der Waals surface area contributed by atoms with Gasteiger partial charge in [0.15, 0.2) is 0 Å². The van der Waals surface area contributed by atoms with E-state index in [1.54, 1.807) is 48.5 Å². The number of nitrogens with one attached hydrogen (secondary N) is 2. The smallest absolute Gasteiger partial charge is 0.279 e. The lowest BCUT2D eigenvalue weighted by atomic mass is 10.2. The highest BCUT2D eigenvalue weighted by atomic mass is 32.1. The lowest BCUT2D eigenvalue weighted by molar-refractivity contribution is 0.0669. The molecule has 6 nitrogen and oxygen atoms in total. The summed E-state index contributed by atoms with van der Waals surface area (Å²) in [6.45, 7) is 1.10. The SMILES string of the molecule is O=C(NNC(=O)c1ccccc1OCC1CCCO1)c1ccc(-c2ccc(F)cc2)s1. The van der Waals surface area contributed by atoms with Crippen LogP contribution in [0.3, 0.4) is 0 Å². The van der Waals surface area contributed by atoms with E-state index in [9.17, 15) is 14.0 Å². The summed E-state index contributed by atoms with van der Waals surface area (Å²) in [6, 6.07) is 16.3. The molecule has 2 N–H and O–H groups in total. The summed E-state index contributed by atoms with van der Waals surface area (Å²) in [7, 11) is 0. The lowest BCUT2D eigenvalue weighted by Crippen LogP contribution is -2.41. The summed E-state index contributed by atoms with van der Waals surface area (Å²) in [5, 5.41) is 0. The second kappa shape index (κ2) is 9.72. The maximum absolute atomic E-state index is 13.1. The van der Waals surface area contributed by atoms with Crippen molar-refractivity contribution in [3.63, 3.8) is 0 Å². The van der Waals surface area contributed by atoms with E-state index in [0.717, 1.165) is 29.9 Å². The maximum Gasteiger partial charge on any atom is 0.279 e. The molecule has 1 aliphatic heterocycles. The first-order valence-electron chi connectivity index (χ1n) is 9.90. The number of hydrazine groups is 1. The molecular weight excluding hydrogens is 419 g/mol. The fourth-order valence-corrected chi connectivity index (χ4v) is 4.12. The van der Waals surface area contributed by atoms with Gasteiger partial charge in [-0.05, 0) is 54.8 Å². The number of para-hydroxylation sites is 1. The third-order valence-corrected chi connectivity index (χ3v) is 5.96. The van der Waals surface area contributed by atoms with E-state index in [0.29, 0.717) is 22.8 Å². The summed E-state index contributed by atoms with van der Waals surface area (Å²) >= 11 is 1.25. The molecule has 0 spiro atoms. The van der Waals surface area contributed by atoms with E-state index in [2.05, 4.69) is 10.9 Å². The number of benzene rings is 2. The summed E-state index contributed by atoms with van der Waals surface area (Å²) in [6.07, 6.45) is 1.98. The number of amides is 2. The summed E-state index contributed by atoms with van der Waals surface area (Å²) < 4.78 is 24.4. The average Bonchev–Trinajstić information content (AvgIpc) is 3.49. The predicted octanol–water partition coefficient (Wildman–Crippen LogP) is 4.19. The van der Waals surface area contributed by atoms with Gasteiger partial charge in [-0.25, -0.2) is 4.39 Å². The highest BCUT2D eigenvalue weighted by Crippen LogP contribution is 2.28. The van der Waals surface area contributed by atoms with E-state index in [1.807, 2.05) is 0 Å². The van der Waals surface area contributed by atoms with Crippen LogP contribution in [-0.2, 0) is 4.74 Å². The van der Waals surface area contributed by atoms with Gasteiger partial charge in [0.25, 0.3) is 11.8 Å². The zero-order chi connectivity index (χ0) is 21.6. The number of thiophene rings is 1. The van der Waals surface area contributed by atoms with Gasteiger partial charge in [-0.2, -0.15) is 0 Å². The number of carbonyl (C=O) groups is 2. The highest BCUT2D eigenvalue weighted by Gasteiger charge is 2.19. The van der Waals surface area contributed by atoms with Crippen molar-refractivity contribution in [3.8, 4) is 16.2 Å². The molecule has 1 fully saturated rings. The molecule has 0 radical (unpaired) electrons. The van der Waals surface area contributed by atoms with Gasteiger partial charge in [0, 0.05) is 11.5 Å². The first-order chi connectivity index (χ1) is 15.1. The van der Waals surface area contributed by atoms with Crippen molar-refractivity contribution >= 4 is 23.2 Å². The van der Waals surface area contributed by atoms with E-state index in [4.69, 9.17) is 9.47 Å². The highest BCUT2D eigenvalue weighted by molar-refractivity contribution is 7.17. The van der Waals surface area contributed by atoms with Crippen LogP contribution in [0.5, 0.6) is 5.75 Å². The average molecular weight is 440 g/mol. The zero-order valence-electron chi connectivity index (χ0n) is 16.6. The van der Waals surface area contributed by atoms with Crippen LogP contribution in [0.15, 0.2) is 60.7 Å². The Kier molecular flexibility index (Phi) is 6.59. The molecule has 0 aliphatic carbocycles. The Labute approximate surface area is 183 Å². The lowest BCUT2D eigenvalue weighted by Gasteiger charge is -2.14. The minimum Gasteiger partial charge on any atom is -0.490 e. The van der Waals surface area contributed by atoms with Crippen LogP contribution in [-0.4, -0.2) is 31.1 Å². The number of carbonyl (C=O) groups excluding carboxylic acids is 2. The van der Waals surface area contributed by atoms with Gasteiger partial charge >= 0.3 is 0 Å². The second-order valence-electron chi connectivity index (χ2n) is 7.02. The van der Waals surface area contributed by atoms with Crippen molar-refractivity contribution in [3.05, 3.63) is 76.9 Å². The van der Waals surface area contributed by atoms with Crippen molar-refractivity contribution in [1.29, 1.82) is 0 Å². The number of hydrogen-bond donors (Lipinski definition) is 2. The van der Waals surface area contributed by atoms with Crippen LogP contribution in [0.1, 0.15) is 32.9 Å². The minimum absolute atomic E-state index is 0.0324. The molecule has 1 aliphatic rings. The maximum atomic E-state index is 13.1. The molecule has 1 saturated heterocycles. The Bertz CT molecular complexity index is 1060. The predicted molar refractivity (Wildman–Crippen MR) is 116 cm³/mol. The van der Waals surface area contributed by atoms with Gasteiger partial charge in [-0.15, -0.1) is 11.3 Å². The molecule has 2 heterocycles. The Morgan fingerprint density at radius 1 is 1.03 bits per heavy atom. The summed E-state index contributed by atoms with van der Waals surface area (Å²) in [5.74, 6) is -0.809. The van der Waals surface area contributed by atoms with Crippen molar-refractivity contribution in [2.24, 2.45) is 0 Å². The van der Waals surface area contributed by atoms with Crippen LogP contribution in [0, 0.1) is 5.82 Å². The van der Waals surface area contributed by atoms with E-state index < -0.39 is 11.8 Å². The normalized spacial score (nSPS) is 15.5. The minimum atomic E-state index is -0.480. The second-order valence-corrected chi connectivity index (χ2v) is 8.11. The molecule has 1 aromatic heterocycles. The van der Waals surface area contributed by atoms with Crippen molar-refractivity contribution < 1.29 is 23.5 Å². The molecule has 8 heteroatoms. The van der Waals surface area contributed by atoms with Gasteiger partial charge in [-0.3, -0.25) is 20.4 Å². The van der Waals surface area contributed by atoms with Crippen molar-refractivity contribution in [2.75, 3.05) is 13.2 Å². The standard InChI is InChI=1S/C23H21FN2O4S/c24-16-9-7-15(8-10-16)20-11-12-21(31-20)23(28)26-25-22(27)18-5-1-2-6-19(18)30-14-17-4-3-13-29-17/h1-2,5-12,17H,3-4,13-14H2,(H,25,27)(H,26,28). The molecule has 2 aromatic carbocycles. The van der Waals surface area contributed by atoms with Crippen LogP contribution in [0.25, 0.3) is 10.4 Å². The first-order valence-corrected chi connectivity index (χ1v) is 10.7. The van der Waals surface area contributed by atoms with Crippen LogP contribution in [0.2, 0.25) is 0 Å². The Hall–Kier alpha value is -3.23. The molecule has 0 bridgehead atoms. The van der Waals surface area contributed by atoms with Crippen molar-refractivity contribution in [1.82, 2.24) is 10.9 Å². The molecule has 31 heavy (non-hydrogen) atoms. The molecule has 4 rings (SSSR count). The Morgan fingerprint density at radius 3 is 2.58 bits per heavy atom. The fourth-order valence-electron chi connectivity index (χ4n) is 3.21. The molecule has 2 amide bonds. The van der Waals surface area contributed by atoms with Gasteiger partial charge in [0.2, 0.25) is 0 Å². The van der Waals surface area contributed by atoms with Gasteiger partial charge in [0.05, 0.1) is 16.5 Å². The van der Waals surface area contributed by atoms with E-state index >= 15 is 0 Å². The number of hydrogen-bond acceptors (Lipinski definition) is 5. The number of halogens is 1. The van der Waals surface area contributed by atoms with Gasteiger partial charge in [-0.1, -0.05) is 24.3 Å². The topological polar surface area (TPSA) is 76.7 Å². The monoisotopic (exact) mass is 440 g/mol. The number of ether oxygens (including phenoxy) is 2. The summed E-state index contributed by atoms with van der Waals surface area (Å²) in [4.78, 5) is 26.3. The third-order valence-electron chi connectivity index (χ3n) is 4.83. The van der Waals surface area contributed by atoms with Crippen LogP contribution < -0.4 is 15.6 Å².